The van der Waals surface area contributed by atoms with Gasteiger partial charge in [-0.3, -0.25) is 4.98 Å². The van der Waals surface area contributed by atoms with Gasteiger partial charge in [0.25, 0.3) is 0 Å². The Labute approximate surface area is 189 Å². The lowest BCUT2D eigenvalue weighted by molar-refractivity contribution is -0.117. The number of carbonyl (C=O) groups excluding carboxylic acids is 1. The van der Waals surface area contributed by atoms with Crippen LogP contribution >= 0.6 is 0 Å². The summed E-state index contributed by atoms with van der Waals surface area (Å²) in [5, 5.41) is 0. The largest absolute Gasteiger partial charge is 0.489 e. The molecule has 0 radical (unpaired) electrons. The SMILES string of the molecule is CC(=O)C[C@@H](C)c1ccc(O[C@@H]2CCN(c3ccnc(OCc4ccccn4)c3)C2)cc1. The van der Waals surface area contributed by atoms with Gasteiger partial charge in [0.15, 0.2) is 0 Å². The summed E-state index contributed by atoms with van der Waals surface area (Å²) in [5.41, 5.74) is 3.11. The van der Waals surface area contributed by atoms with Crippen molar-refractivity contribution in [2.75, 3.05) is 18.0 Å². The third kappa shape index (κ3) is 5.84. The fraction of sp³-hybridized carbons (Fsp3) is 0.346. The van der Waals surface area contributed by atoms with Crippen molar-refractivity contribution in [2.24, 2.45) is 0 Å². The smallest absolute Gasteiger partial charge is 0.215 e. The molecule has 0 bridgehead atoms. The Bertz CT molecular complexity index is 1020. The Kier molecular flexibility index (Phi) is 7.00. The Morgan fingerprint density at radius 1 is 1.12 bits per heavy atom. The fourth-order valence-electron chi connectivity index (χ4n) is 3.98. The topological polar surface area (TPSA) is 64.5 Å². The summed E-state index contributed by atoms with van der Waals surface area (Å²) in [4.78, 5) is 22.2. The molecule has 0 aliphatic carbocycles. The molecule has 2 aromatic heterocycles. The first-order chi connectivity index (χ1) is 15.6. The second-order valence-corrected chi connectivity index (χ2v) is 8.31. The van der Waals surface area contributed by atoms with Crippen molar-refractivity contribution in [3.63, 3.8) is 0 Å². The second kappa shape index (κ2) is 10.3. The van der Waals surface area contributed by atoms with Crippen molar-refractivity contribution in [3.05, 3.63) is 78.2 Å². The van der Waals surface area contributed by atoms with Gasteiger partial charge in [-0.15, -0.1) is 0 Å². The second-order valence-electron chi connectivity index (χ2n) is 8.31. The lowest BCUT2D eigenvalue weighted by Crippen LogP contribution is -2.24. The molecule has 3 heterocycles. The minimum atomic E-state index is 0.126. The maximum atomic E-state index is 11.4. The number of hydrogen-bond acceptors (Lipinski definition) is 6. The molecule has 1 aliphatic rings. The molecule has 0 saturated carbocycles. The van der Waals surface area contributed by atoms with E-state index in [4.69, 9.17) is 9.47 Å². The maximum Gasteiger partial charge on any atom is 0.215 e. The molecule has 1 aromatic carbocycles. The Morgan fingerprint density at radius 3 is 2.72 bits per heavy atom. The molecule has 3 aromatic rings. The molecule has 0 unspecified atom stereocenters. The van der Waals surface area contributed by atoms with Crippen molar-refractivity contribution in [1.29, 1.82) is 0 Å². The number of benzene rings is 1. The number of carbonyl (C=O) groups is 1. The highest BCUT2D eigenvalue weighted by atomic mass is 16.5. The van der Waals surface area contributed by atoms with Gasteiger partial charge >= 0.3 is 0 Å². The van der Waals surface area contributed by atoms with Crippen molar-refractivity contribution in [3.8, 4) is 11.6 Å². The quantitative estimate of drug-likeness (QED) is 0.485. The van der Waals surface area contributed by atoms with Gasteiger partial charge in [-0.25, -0.2) is 4.98 Å². The third-order valence-electron chi connectivity index (χ3n) is 5.67. The molecule has 0 spiro atoms. The van der Waals surface area contributed by atoms with Crippen LogP contribution in [0.1, 0.15) is 43.9 Å². The monoisotopic (exact) mass is 431 g/mol. The highest BCUT2D eigenvalue weighted by molar-refractivity contribution is 5.76. The van der Waals surface area contributed by atoms with E-state index in [1.807, 2.05) is 42.5 Å². The molecule has 6 nitrogen and oxygen atoms in total. The Balaban J connectivity index is 1.31. The van der Waals surface area contributed by atoms with E-state index in [1.165, 1.54) is 0 Å². The maximum absolute atomic E-state index is 11.4. The highest BCUT2D eigenvalue weighted by Gasteiger charge is 2.24. The van der Waals surface area contributed by atoms with Gasteiger partial charge in [-0.2, -0.15) is 0 Å². The zero-order valence-electron chi connectivity index (χ0n) is 18.6. The van der Waals surface area contributed by atoms with Gasteiger partial charge in [0.05, 0.1) is 12.2 Å². The number of rotatable bonds is 9. The van der Waals surface area contributed by atoms with Crippen LogP contribution < -0.4 is 14.4 Å². The van der Waals surface area contributed by atoms with Crippen molar-refractivity contribution >= 4 is 11.5 Å². The third-order valence-corrected chi connectivity index (χ3v) is 5.67. The van der Waals surface area contributed by atoms with Crippen LogP contribution in [0.5, 0.6) is 11.6 Å². The van der Waals surface area contributed by atoms with Gasteiger partial charge in [0, 0.05) is 43.5 Å². The molecule has 1 aliphatic heterocycles. The minimum absolute atomic E-state index is 0.126. The van der Waals surface area contributed by atoms with Gasteiger partial charge in [-0.1, -0.05) is 25.1 Å². The standard InChI is InChI=1S/C26H29N3O3/c1-19(15-20(2)30)21-6-8-24(9-7-21)32-25-11-14-29(17-25)23-10-13-28-26(16-23)31-18-22-5-3-4-12-27-22/h3-10,12-13,16,19,25H,11,14-15,17-18H2,1-2H3/t19-,25-/m1/s1. The predicted molar refractivity (Wildman–Crippen MR) is 124 cm³/mol. The Morgan fingerprint density at radius 2 is 1.97 bits per heavy atom. The van der Waals surface area contributed by atoms with Crippen LogP contribution in [0, 0.1) is 0 Å². The van der Waals surface area contributed by atoms with Gasteiger partial charge in [-0.05, 0) is 48.7 Å². The van der Waals surface area contributed by atoms with Crippen LogP contribution in [0.2, 0.25) is 0 Å². The molecular formula is C26H29N3O3. The summed E-state index contributed by atoms with van der Waals surface area (Å²) in [6.07, 6.45) is 5.18. The summed E-state index contributed by atoms with van der Waals surface area (Å²) in [6, 6.07) is 17.9. The molecule has 1 fully saturated rings. The van der Waals surface area contributed by atoms with E-state index in [1.54, 1.807) is 19.3 Å². The lowest BCUT2D eigenvalue weighted by atomic mass is 9.96. The van der Waals surface area contributed by atoms with Crippen LogP contribution in [0.4, 0.5) is 5.69 Å². The minimum Gasteiger partial charge on any atom is -0.489 e. The first kappa shape index (κ1) is 21.8. The molecule has 4 rings (SSSR count). The number of ketones is 1. The van der Waals surface area contributed by atoms with Crippen LogP contribution in [0.25, 0.3) is 0 Å². The number of aromatic nitrogens is 2. The van der Waals surface area contributed by atoms with Gasteiger partial charge < -0.3 is 19.2 Å². The number of Topliss-reactive ketones (excluding diaryl/α,β-unsaturated/α-hetero) is 1. The summed E-state index contributed by atoms with van der Waals surface area (Å²) < 4.78 is 12.0. The van der Waals surface area contributed by atoms with E-state index in [2.05, 4.69) is 33.9 Å². The van der Waals surface area contributed by atoms with Crippen LogP contribution in [0.3, 0.4) is 0 Å². The first-order valence-corrected chi connectivity index (χ1v) is 11.1. The normalized spacial score (nSPS) is 16.6. The number of ether oxygens (including phenoxy) is 2. The van der Waals surface area contributed by atoms with E-state index in [0.29, 0.717) is 18.9 Å². The van der Waals surface area contributed by atoms with Crippen LogP contribution in [0.15, 0.2) is 67.0 Å². The van der Waals surface area contributed by atoms with E-state index in [0.717, 1.165) is 42.2 Å². The highest BCUT2D eigenvalue weighted by Crippen LogP contribution is 2.27. The van der Waals surface area contributed by atoms with E-state index < -0.39 is 0 Å². The summed E-state index contributed by atoms with van der Waals surface area (Å²) >= 11 is 0. The molecule has 2 atom stereocenters. The Hall–Kier alpha value is -3.41. The van der Waals surface area contributed by atoms with E-state index >= 15 is 0 Å². The summed E-state index contributed by atoms with van der Waals surface area (Å²) in [7, 11) is 0. The average Bonchev–Trinajstić information content (AvgIpc) is 3.27. The van der Waals surface area contributed by atoms with Gasteiger partial charge in [0.2, 0.25) is 5.88 Å². The first-order valence-electron chi connectivity index (χ1n) is 11.1. The van der Waals surface area contributed by atoms with Gasteiger partial charge in [0.1, 0.15) is 24.2 Å². The number of anilines is 1. The zero-order valence-corrected chi connectivity index (χ0v) is 18.6. The fourth-order valence-corrected chi connectivity index (χ4v) is 3.98. The molecule has 1 saturated heterocycles. The number of pyridine rings is 2. The van der Waals surface area contributed by atoms with Crippen molar-refractivity contribution < 1.29 is 14.3 Å². The van der Waals surface area contributed by atoms with Crippen LogP contribution in [-0.2, 0) is 11.4 Å². The summed E-state index contributed by atoms with van der Waals surface area (Å²) in [6.45, 7) is 5.84. The summed E-state index contributed by atoms with van der Waals surface area (Å²) in [5.74, 6) is 1.90. The molecule has 6 heteroatoms. The molecule has 32 heavy (non-hydrogen) atoms. The number of nitrogens with zero attached hydrogens (tertiary/aromatic N) is 3. The zero-order chi connectivity index (χ0) is 22.3. The number of hydrogen-bond donors (Lipinski definition) is 0. The van der Waals surface area contributed by atoms with E-state index in [9.17, 15) is 4.79 Å². The van der Waals surface area contributed by atoms with E-state index in [-0.39, 0.29) is 17.8 Å². The molecular weight excluding hydrogens is 402 g/mol. The lowest BCUT2D eigenvalue weighted by Gasteiger charge is -2.20. The molecule has 166 valence electrons. The van der Waals surface area contributed by atoms with Crippen molar-refractivity contribution in [1.82, 2.24) is 9.97 Å². The average molecular weight is 432 g/mol. The van der Waals surface area contributed by atoms with Crippen molar-refractivity contribution in [2.45, 2.75) is 45.3 Å². The predicted octanol–water partition coefficient (Wildman–Crippen LogP) is 4.80. The molecule has 0 amide bonds. The van der Waals surface area contributed by atoms with Crippen LogP contribution in [-0.4, -0.2) is 34.9 Å². The molecule has 0 N–H and O–H groups in total.